The number of benzene rings is 2. The molecule has 0 bridgehead atoms. The van der Waals surface area contributed by atoms with Gasteiger partial charge in [0.1, 0.15) is 37.9 Å². The van der Waals surface area contributed by atoms with E-state index in [0.29, 0.717) is 36.3 Å². The van der Waals surface area contributed by atoms with Crippen LogP contribution in [0.25, 0.3) is 5.57 Å². The molecule has 2 aliphatic rings. The van der Waals surface area contributed by atoms with E-state index >= 15 is 0 Å². The molecule has 1 fully saturated rings. The highest BCUT2D eigenvalue weighted by molar-refractivity contribution is 7.89. The molecule has 3 aromatic rings. The van der Waals surface area contributed by atoms with Crippen LogP contribution in [0.1, 0.15) is 24.0 Å². The SMILES string of the molecule is [B]c1ccc(CN2C(=O)C(=C(C#N)C#N)c3cc(S(=O)(=O)N4CCC[C@H]4COc4cccnc4)ccc32)cc1. The second kappa shape index (κ2) is 10.7. The molecule has 1 aromatic heterocycles. The number of carbonyl (C=O) groups excluding carboxylic acids is 1. The molecule has 0 unspecified atom stereocenters. The van der Waals surface area contributed by atoms with Crippen molar-refractivity contribution < 1.29 is 17.9 Å². The third-order valence-corrected chi connectivity index (χ3v) is 8.74. The van der Waals surface area contributed by atoms with E-state index in [0.717, 1.165) is 5.56 Å². The second-order valence-corrected chi connectivity index (χ2v) is 11.1. The summed E-state index contributed by atoms with van der Waals surface area (Å²) in [4.78, 5) is 18.9. The Bertz CT molecular complexity index is 1630. The summed E-state index contributed by atoms with van der Waals surface area (Å²) in [7, 11) is 1.80. The standard InChI is InChI=1S/C28H22BN5O4S/c29-21-7-5-19(6-8-21)17-33-26-10-9-24(13-25(26)27(28(33)35)20(14-30)15-31)39(36,37)34-12-2-3-22(34)18-38-23-4-1-11-32-16-23/h1,4-11,13,16,22H,2-3,12,17-18H2/t22-/m0/s1. The number of rotatable bonds is 7. The van der Waals surface area contributed by atoms with Gasteiger partial charge < -0.3 is 9.64 Å². The molecule has 2 radical (unpaired) electrons. The normalized spacial score (nSPS) is 17.0. The number of fused-ring (bicyclic) bond motifs is 1. The highest BCUT2D eigenvalue weighted by Gasteiger charge is 2.39. The summed E-state index contributed by atoms with van der Waals surface area (Å²) in [6.07, 6.45) is 4.51. The first-order valence-electron chi connectivity index (χ1n) is 12.2. The number of carbonyl (C=O) groups is 1. The van der Waals surface area contributed by atoms with Crippen molar-refractivity contribution in [2.75, 3.05) is 18.1 Å². The monoisotopic (exact) mass is 535 g/mol. The molecule has 5 rings (SSSR count). The number of anilines is 1. The molecule has 0 saturated carbocycles. The van der Waals surface area contributed by atoms with Gasteiger partial charge in [0.05, 0.1) is 34.9 Å². The first-order valence-corrected chi connectivity index (χ1v) is 13.7. The number of nitriles is 2. The molecule has 0 N–H and O–H groups in total. The Morgan fingerprint density at radius 3 is 2.59 bits per heavy atom. The number of pyridine rings is 1. The number of allylic oxidation sites excluding steroid dienone is 1. The van der Waals surface area contributed by atoms with Gasteiger partial charge in [-0.1, -0.05) is 29.7 Å². The van der Waals surface area contributed by atoms with E-state index in [-0.39, 0.29) is 40.8 Å². The fourth-order valence-corrected chi connectivity index (χ4v) is 6.57. The van der Waals surface area contributed by atoms with Gasteiger partial charge in [-0.15, -0.1) is 0 Å². The summed E-state index contributed by atoms with van der Waals surface area (Å²) in [5, 5.41) is 19.1. The Labute approximate surface area is 228 Å². The van der Waals surface area contributed by atoms with E-state index in [4.69, 9.17) is 12.6 Å². The van der Waals surface area contributed by atoms with Crippen molar-refractivity contribution in [2.45, 2.75) is 30.3 Å². The first-order chi connectivity index (χ1) is 18.8. The van der Waals surface area contributed by atoms with Gasteiger partial charge in [-0.2, -0.15) is 14.8 Å². The Morgan fingerprint density at radius 2 is 1.90 bits per heavy atom. The number of hydrogen-bond acceptors (Lipinski definition) is 7. The summed E-state index contributed by atoms with van der Waals surface area (Å²) in [5.74, 6) is 0.00712. The van der Waals surface area contributed by atoms with Crippen LogP contribution in [0, 0.1) is 22.7 Å². The summed E-state index contributed by atoms with van der Waals surface area (Å²) >= 11 is 0. The smallest absolute Gasteiger partial charge is 0.261 e. The molecule has 0 spiro atoms. The van der Waals surface area contributed by atoms with Gasteiger partial charge in [-0.3, -0.25) is 9.78 Å². The summed E-state index contributed by atoms with van der Waals surface area (Å²) < 4.78 is 34.7. The molecular weight excluding hydrogens is 513 g/mol. The van der Waals surface area contributed by atoms with E-state index in [1.54, 1.807) is 67.0 Å². The van der Waals surface area contributed by atoms with Crippen molar-refractivity contribution in [1.29, 1.82) is 10.5 Å². The second-order valence-electron chi connectivity index (χ2n) is 9.20. The Morgan fingerprint density at radius 1 is 1.13 bits per heavy atom. The van der Waals surface area contributed by atoms with Gasteiger partial charge in [0.15, 0.2) is 0 Å². The number of aromatic nitrogens is 1. The lowest BCUT2D eigenvalue weighted by atomic mass is 9.95. The maximum absolute atomic E-state index is 13.8. The fraction of sp³-hybridized carbons (Fsp3) is 0.214. The van der Waals surface area contributed by atoms with Gasteiger partial charge in [0, 0.05) is 18.3 Å². The van der Waals surface area contributed by atoms with E-state index in [1.165, 1.54) is 21.3 Å². The van der Waals surface area contributed by atoms with Crippen LogP contribution in [0.5, 0.6) is 5.75 Å². The third kappa shape index (κ3) is 5.02. The predicted octanol–water partition coefficient (Wildman–Crippen LogP) is 2.46. The lowest BCUT2D eigenvalue weighted by Crippen LogP contribution is -2.39. The Kier molecular flexibility index (Phi) is 7.20. The van der Waals surface area contributed by atoms with Crippen LogP contribution >= 0.6 is 0 Å². The summed E-state index contributed by atoms with van der Waals surface area (Å²) in [5.41, 5.74) is 1.53. The average Bonchev–Trinajstić information content (AvgIpc) is 3.53. The van der Waals surface area contributed by atoms with Gasteiger partial charge >= 0.3 is 0 Å². The van der Waals surface area contributed by atoms with Crippen LogP contribution in [0.3, 0.4) is 0 Å². The van der Waals surface area contributed by atoms with Crippen molar-refractivity contribution in [3.8, 4) is 17.9 Å². The summed E-state index contributed by atoms with van der Waals surface area (Å²) in [6, 6.07) is 18.0. The van der Waals surface area contributed by atoms with Crippen molar-refractivity contribution in [3.05, 3.63) is 83.7 Å². The molecule has 2 aliphatic heterocycles. The predicted molar refractivity (Wildman–Crippen MR) is 144 cm³/mol. The Hall–Kier alpha value is -4.45. The molecule has 1 atom stereocenters. The largest absolute Gasteiger partial charge is 0.490 e. The molecule has 11 heteroatoms. The highest BCUT2D eigenvalue weighted by Crippen LogP contribution is 2.41. The van der Waals surface area contributed by atoms with Gasteiger partial charge in [0.25, 0.3) is 5.91 Å². The van der Waals surface area contributed by atoms with Crippen LogP contribution in [0.4, 0.5) is 5.69 Å². The van der Waals surface area contributed by atoms with E-state index in [1.807, 2.05) is 0 Å². The number of nitrogens with zero attached hydrogens (tertiary/aromatic N) is 5. The molecule has 39 heavy (non-hydrogen) atoms. The highest BCUT2D eigenvalue weighted by atomic mass is 32.2. The van der Waals surface area contributed by atoms with Crippen molar-refractivity contribution in [3.63, 3.8) is 0 Å². The zero-order chi connectivity index (χ0) is 27.6. The van der Waals surface area contributed by atoms with E-state index in [2.05, 4.69) is 4.98 Å². The van der Waals surface area contributed by atoms with Crippen molar-refractivity contribution in [2.24, 2.45) is 0 Å². The minimum atomic E-state index is -3.97. The number of ether oxygens (including phenoxy) is 1. The Balaban J connectivity index is 1.49. The number of amides is 1. The van der Waals surface area contributed by atoms with Crippen molar-refractivity contribution in [1.82, 2.24) is 9.29 Å². The minimum absolute atomic E-state index is 0.0237. The van der Waals surface area contributed by atoms with Gasteiger partial charge in [-0.05, 0) is 48.7 Å². The molecule has 1 saturated heterocycles. The topological polar surface area (TPSA) is 127 Å². The van der Waals surface area contributed by atoms with Gasteiger partial charge in [0.2, 0.25) is 10.0 Å². The van der Waals surface area contributed by atoms with Crippen molar-refractivity contribution >= 4 is 40.5 Å². The van der Waals surface area contributed by atoms with Crippen LogP contribution in [-0.2, 0) is 21.4 Å². The fourth-order valence-electron chi connectivity index (χ4n) is 4.86. The molecule has 1 amide bonds. The molecule has 0 aliphatic carbocycles. The lowest BCUT2D eigenvalue weighted by Gasteiger charge is -2.24. The quantitative estimate of drug-likeness (QED) is 0.258. The van der Waals surface area contributed by atoms with Crippen LogP contribution in [-0.4, -0.2) is 50.7 Å². The van der Waals surface area contributed by atoms with Gasteiger partial charge in [-0.25, -0.2) is 8.42 Å². The zero-order valence-corrected chi connectivity index (χ0v) is 21.6. The molecule has 9 nitrogen and oxygen atoms in total. The van der Waals surface area contributed by atoms with Crippen LogP contribution in [0.2, 0.25) is 0 Å². The van der Waals surface area contributed by atoms with E-state index < -0.39 is 15.9 Å². The molecule has 3 heterocycles. The number of hydrogen-bond donors (Lipinski definition) is 0. The van der Waals surface area contributed by atoms with Crippen LogP contribution < -0.4 is 15.1 Å². The lowest BCUT2D eigenvalue weighted by molar-refractivity contribution is -0.113. The first kappa shape index (κ1) is 26.2. The zero-order valence-electron chi connectivity index (χ0n) is 20.8. The molecular formula is C28H22BN5O4S. The van der Waals surface area contributed by atoms with Crippen LogP contribution in [0.15, 0.2) is 77.5 Å². The number of sulfonamides is 1. The van der Waals surface area contributed by atoms with E-state index in [9.17, 15) is 23.7 Å². The average molecular weight is 535 g/mol. The minimum Gasteiger partial charge on any atom is -0.490 e. The maximum Gasteiger partial charge on any atom is 0.261 e. The maximum atomic E-state index is 13.8. The summed E-state index contributed by atoms with van der Waals surface area (Å²) in [6.45, 7) is 0.653. The molecule has 192 valence electrons. The molecule has 2 aromatic carbocycles. The third-order valence-electron chi connectivity index (χ3n) is 6.79.